The molecule has 1 aliphatic heterocycles. The van der Waals surface area contributed by atoms with E-state index in [1.165, 1.54) is 6.42 Å². The number of carbonyl (C=O) groups excluding carboxylic acids is 2. The molecule has 9 heteroatoms. The molecule has 2 aromatic rings. The molecule has 0 spiro atoms. The second kappa shape index (κ2) is 12.1. The summed E-state index contributed by atoms with van der Waals surface area (Å²) in [5, 5.41) is 6.53. The Morgan fingerprint density at radius 3 is 2.45 bits per heavy atom. The van der Waals surface area contributed by atoms with E-state index in [1.807, 2.05) is 36.2 Å². The Morgan fingerprint density at radius 1 is 1.05 bits per heavy atom. The third kappa shape index (κ3) is 6.37. The quantitative estimate of drug-likeness (QED) is 0.465. The van der Waals surface area contributed by atoms with Crippen molar-refractivity contribution in [1.29, 1.82) is 0 Å². The van der Waals surface area contributed by atoms with Crippen molar-refractivity contribution in [2.45, 2.75) is 69.9 Å². The van der Waals surface area contributed by atoms with Gasteiger partial charge in [0.1, 0.15) is 0 Å². The molecule has 2 atom stereocenters. The highest BCUT2D eigenvalue weighted by Crippen LogP contribution is 2.36. The minimum atomic E-state index is 0.0562. The Labute approximate surface area is 234 Å². The molecule has 2 saturated carbocycles. The Bertz CT molecular complexity index is 1130. The van der Waals surface area contributed by atoms with Crippen LogP contribution in [-0.4, -0.2) is 70.9 Å². The molecule has 5 rings (SSSR count). The van der Waals surface area contributed by atoms with Crippen molar-refractivity contribution < 1.29 is 9.59 Å². The lowest BCUT2D eigenvalue weighted by atomic mass is 9.88. The maximum atomic E-state index is 13.0. The summed E-state index contributed by atoms with van der Waals surface area (Å²) in [5.41, 5.74) is 2.43. The van der Waals surface area contributed by atoms with E-state index in [0.29, 0.717) is 23.5 Å². The Kier molecular flexibility index (Phi) is 8.63. The smallest absolute Gasteiger partial charge is 0.253 e. The largest absolute Gasteiger partial charge is 0.353 e. The average Bonchev–Trinajstić information content (AvgIpc) is 3.36. The molecule has 0 unspecified atom stereocenters. The first-order chi connectivity index (χ1) is 18.4. The fourth-order valence-electron chi connectivity index (χ4n) is 5.92. The minimum absolute atomic E-state index is 0.0562. The van der Waals surface area contributed by atoms with Crippen molar-refractivity contribution in [3.63, 3.8) is 0 Å². The van der Waals surface area contributed by atoms with Gasteiger partial charge in [0.05, 0.1) is 10.2 Å². The summed E-state index contributed by atoms with van der Waals surface area (Å²) in [6.07, 6.45) is 11.1. The second-order valence-electron chi connectivity index (χ2n) is 11.3. The van der Waals surface area contributed by atoms with Gasteiger partial charge in [-0.2, -0.15) is 0 Å². The van der Waals surface area contributed by atoms with Crippen LogP contribution in [0.25, 0.3) is 0 Å². The van der Waals surface area contributed by atoms with Crippen LogP contribution in [0.1, 0.15) is 67.4 Å². The summed E-state index contributed by atoms with van der Waals surface area (Å²) in [6, 6.07) is 8.19. The zero-order valence-corrected chi connectivity index (χ0v) is 24.0. The number of likely N-dealkylation sites (tertiary alicyclic amines) is 1. The molecule has 1 aromatic carbocycles. The molecular weight excluding hydrogens is 544 g/mol. The zero-order valence-electron chi connectivity index (χ0n) is 22.5. The molecule has 1 aromatic heterocycles. The van der Waals surface area contributed by atoms with Gasteiger partial charge in [-0.25, -0.2) is 9.97 Å². The van der Waals surface area contributed by atoms with Crippen LogP contribution in [0.15, 0.2) is 34.9 Å². The number of amides is 2. The van der Waals surface area contributed by atoms with Gasteiger partial charge in [0.15, 0.2) is 0 Å². The summed E-state index contributed by atoms with van der Waals surface area (Å²) in [7, 11) is 4.04. The Hall–Kier alpha value is -2.52. The maximum Gasteiger partial charge on any atom is 0.253 e. The minimum Gasteiger partial charge on any atom is -0.353 e. The highest BCUT2D eigenvalue weighted by Gasteiger charge is 2.35. The van der Waals surface area contributed by atoms with E-state index in [1.54, 1.807) is 6.20 Å². The van der Waals surface area contributed by atoms with E-state index in [0.717, 1.165) is 80.3 Å². The first kappa shape index (κ1) is 27.1. The monoisotopic (exact) mass is 582 g/mol. The first-order valence-corrected chi connectivity index (χ1v) is 14.8. The van der Waals surface area contributed by atoms with Crippen molar-refractivity contribution in [2.75, 3.05) is 32.5 Å². The number of halogens is 1. The lowest BCUT2D eigenvalue weighted by Gasteiger charge is -2.35. The number of benzene rings is 1. The molecule has 3 aliphatic rings. The number of anilines is 2. The van der Waals surface area contributed by atoms with Crippen LogP contribution in [0.2, 0.25) is 0 Å². The second-order valence-corrected chi connectivity index (χ2v) is 12.1. The number of nitrogens with zero attached hydrogens (tertiary/aromatic N) is 4. The number of rotatable bonds is 8. The maximum absolute atomic E-state index is 13.0. The van der Waals surface area contributed by atoms with Gasteiger partial charge >= 0.3 is 0 Å². The zero-order chi connectivity index (χ0) is 26.6. The van der Waals surface area contributed by atoms with E-state index < -0.39 is 0 Å². The fraction of sp³-hybridized carbons (Fsp3) is 0.586. The standard InChI is InChI=1S/C29H39BrN6O2/c1-35-15-13-23(14-16-35)36(2)28(38)19-9-11-22(12-10-19)33-29-31-18-25(30)26(34-29)17-20-5-3-8-24(20)27(37)32-21-6-4-7-21/h9-12,18,20-21,23-24H,3-8,13-17H2,1-2H3,(H,32,37)(H,31,33,34)/t20-,24-/m0/s1. The number of piperidine rings is 1. The van der Waals surface area contributed by atoms with Gasteiger partial charge in [-0.15, -0.1) is 0 Å². The molecule has 2 aliphatic carbocycles. The first-order valence-electron chi connectivity index (χ1n) is 14.0. The van der Waals surface area contributed by atoms with Gasteiger partial charge in [-0.1, -0.05) is 6.42 Å². The van der Waals surface area contributed by atoms with E-state index >= 15 is 0 Å². The number of hydrogen-bond donors (Lipinski definition) is 2. The molecular formula is C29H39BrN6O2. The van der Waals surface area contributed by atoms with Gasteiger partial charge in [0.25, 0.3) is 5.91 Å². The van der Waals surface area contributed by atoms with Gasteiger partial charge in [-0.05, 0) is 118 Å². The van der Waals surface area contributed by atoms with Gasteiger partial charge in [-0.3, -0.25) is 9.59 Å². The van der Waals surface area contributed by atoms with E-state index in [4.69, 9.17) is 4.98 Å². The summed E-state index contributed by atoms with van der Waals surface area (Å²) < 4.78 is 0.867. The van der Waals surface area contributed by atoms with Gasteiger partial charge in [0, 0.05) is 42.5 Å². The summed E-state index contributed by atoms with van der Waals surface area (Å²) in [6.45, 7) is 2.05. The number of carbonyl (C=O) groups is 2. The van der Waals surface area contributed by atoms with Crippen LogP contribution in [0.3, 0.4) is 0 Å². The summed E-state index contributed by atoms with van der Waals surface area (Å²) >= 11 is 3.62. The molecule has 0 radical (unpaired) electrons. The average molecular weight is 584 g/mol. The third-order valence-electron chi connectivity index (χ3n) is 8.66. The number of aromatic nitrogens is 2. The van der Waals surface area contributed by atoms with Crippen LogP contribution in [0.4, 0.5) is 11.6 Å². The van der Waals surface area contributed by atoms with E-state index in [-0.39, 0.29) is 23.8 Å². The SMILES string of the molecule is CN1CCC(N(C)C(=O)c2ccc(Nc3ncc(Br)c(C[C@@H]4CCC[C@@H]4C(=O)NC4CCC4)n3)cc2)CC1. The normalized spacial score (nSPS) is 22.6. The summed E-state index contributed by atoms with van der Waals surface area (Å²) in [5.74, 6) is 1.14. The van der Waals surface area contributed by atoms with Crippen molar-refractivity contribution in [3.8, 4) is 0 Å². The van der Waals surface area contributed by atoms with Crippen molar-refractivity contribution in [3.05, 3.63) is 46.2 Å². The van der Waals surface area contributed by atoms with Crippen LogP contribution >= 0.6 is 15.9 Å². The predicted molar refractivity (Wildman–Crippen MR) is 152 cm³/mol. The molecule has 1 saturated heterocycles. The molecule has 2 N–H and O–H groups in total. The molecule has 8 nitrogen and oxygen atoms in total. The highest BCUT2D eigenvalue weighted by atomic mass is 79.9. The van der Waals surface area contributed by atoms with Crippen LogP contribution in [0, 0.1) is 11.8 Å². The highest BCUT2D eigenvalue weighted by molar-refractivity contribution is 9.10. The topological polar surface area (TPSA) is 90.5 Å². The fourth-order valence-corrected chi connectivity index (χ4v) is 6.27. The number of nitrogens with one attached hydrogen (secondary N) is 2. The molecule has 2 amide bonds. The molecule has 38 heavy (non-hydrogen) atoms. The van der Waals surface area contributed by atoms with Gasteiger partial charge in [0.2, 0.25) is 11.9 Å². The van der Waals surface area contributed by atoms with Crippen LogP contribution < -0.4 is 10.6 Å². The van der Waals surface area contributed by atoms with Gasteiger partial charge < -0.3 is 20.4 Å². The van der Waals surface area contributed by atoms with E-state index in [9.17, 15) is 9.59 Å². The lowest BCUT2D eigenvalue weighted by Crippen LogP contribution is -2.44. The van der Waals surface area contributed by atoms with Crippen molar-refractivity contribution >= 4 is 39.4 Å². The molecule has 204 valence electrons. The predicted octanol–water partition coefficient (Wildman–Crippen LogP) is 4.78. The van der Waals surface area contributed by atoms with Crippen molar-refractivity contribution in [2.24, 2.45) is 11.8 Å². The van der Waals surface area contributed by atoms with Crippen molar-refractivity contribution in [1.82, 2.24) is 25.1 Å². The number of hydrogen-bond acceptors (Lipinski definition) is 6. The molecule has 3 fully saturated rings. The van der Waals surface area contributed by atoms with Crippen LogP contribution in [-0.2, 0) is 11.2 Å². The molecule has 2 heterocycles. The lowest BCUT2D eigenvalue weighted by molar-refractivity contribution is -0.127. The van der Waals surface area contributed by atoms with E-state index in [2.05, 4.69) is 43.5 Å². The Balaban J connectivity index is 1.20. The van der Waals surface area contributed by atoms with Crippen LogP contribution in [0.5, 0.6) is 0 Å². The molecule has 0 bridgehead atoms. The third-order valence-corrected chi connectivity index (χ3v) is 9.33. The summed E-state index contributed by atoms with van der Waals surface area (Å²) in [4.78, 5) is 39.3. The Morgan fingerprint density at radius 2 is 1.76 bits per heavy atom.